The predicted octanol–water partition coefficient (Wildman–Crippen LogP) is 2.54. The van der Waals surface area contributed by atoms with E-state index in [9.17, 15) is 0 Å². The number of ether oxygens (including phenoxy) is 2. The summed E-state index contributed by atoms with van der Waals surface area (Å²) in [6.45, 7) is 0. The number of methoxy groups -OCH3 is 2. The van der Waals surface area contributed by atoms with Crippen LogP contribution in [0.25, 0.3) is 10.8 Å². The van der Waals surface area contributed by atoms with Crippen LogP contribution in [0.2, 0.25) is 0 Å². The molecule has 0 aliphatic rings. The van der Waals surface area contributed by atoms with Gasteiger partial charge in [-0.25, -0.2) is 0 Å². The van der Waals surface area contributed by atoms with Crippen LogP contribution < -0.4 is 9.47 Å². The molecule has 0 unspecified atom stereocenters. The van der Waals surface area contributed by atoms with E-state index in [4.69, 9.17) is 14.7 Å². The molecular weight excluding hydrogens is 293 g/mol. The van der Waals surface area contributed by atoms with Crippen molar-refractivity contribution < 1.29 is 9.47 Å². The maximum absolute atomic E-state index is 8.74. The monoisotopic (exact) mass is 307 g/mol. The van der Waals surface area contributed by atoms with Gasteiger partial charge >= 0.3 is 112 Å². The first kappa shape index (κ1) is 12.8. The molecular formula is C14H13NO2Se. The fraction of sp³-hybridized carbons (Fsp3) is 0.214. The van der Waals surface area contributed by atoms with Crippen molar-refractivity contribution in [3.8, 4) is 16.5 Å². The van der Waals surface area contributed by atoms with E-state index in [1.165, 1.54) is 0 Å². The topological polar surface area (TPSA) is 42.2 Å². The fourth-order valence-electron chi connectivity index (χ4n) is 2.00. The zero-order valence-electron chi connectivity index (χ0n) is 10.3. The van der Waals surface area contributed by atoms with Crippen molar-refractivity contribution in [1.82, 2.24) is 0 Å². The molecule has 0 amide bonds. The van der Waals surface area contributed by atoms with Gasteiger partial charge in [0.2, 0.25) is 0 Å². The normalized spacial score (nSPS) is 10.1. The molecule has 0 radical (unpaired) electrons. The van der Waals surface area contributed by atoms with Crippen LogP contribution in [0, 0.1) is 10.2 Å². The molecule has 0 heterocycles. The number of hydrogen-bond acceptors (Lipinski definition) is 3. The molecule has 0 bridgehead atoms. The Kier molecular flexibility index (Phi) is 4.09. The molecule has 0 N–H and O–H groups in total. The SMILES string of the molecule is COc1cc(C[Se]C#N)c(OC)c2ccccc12. The van der Waals surface area contributed by atoms with Crippen molar-refractivity contribution in [2.45, 2.75) is 5.32 Å². The number of hydrogen-bond donors (Lipinski definition) is 0. The Hall–Kier alpha value is -1.69. The maximum atomic E-state index is 8.74. The average molecular weight is 306 g/mol. The molecule has 2 rings (SSSR count). The van der Waals surface area contributed by atoms with Crippen molar-refractivity contribution in [3.63, 3.8) is 0 Å². The van der Waals surface area contributed by atoms with Gasteiger partial charge in [0.25, 0.3) is 0 Å². The Morgan fingerprint density at radius 1 is 1.17 bits per heavy atom. The molecule has 2 aromatic carbocycles. The number of benzene rings is 2. The van der Waals surface area contributed by atoms with Crippen LogP contribution in [0.15, 0.2) is 30.3 Å². The summed E-state index contributed by atoms with van der Waals surface area (Å²) < 4.78 is 10.9. The number of fused-ring (bicyclic) bond motifs is 1. The molecule has 92 valence electrons. The Morgan fingerprint density at radius 2 is 1.89 bits per heavy atom. The van der Waals surface area contributed by atoms with Crippen LogP contribution in [-0.4, -0.2) is 29.2 Å². The van der Waals surface area contributed by atoms with Gasteiger partial charge in [-0.3, -0.25) is 0 Å². The van der Waals surface area contributed by atoms with E-state index in [-0.39, 0.29) is 15.0 Å². The van der Waals surface area contributed by atoms with Crippen molar-refractivity contribution in [3.05, 3.63) is 35.9 Å². The number of nitrogens with zero attached hydrogens (tertiary/aromatic N) is 1. The van der Waals surface area contributed by atoms with Crippen molar-refractivity contribution >= 4 is 25.7 Å². The van der Waals surface area contributed by atoms with Gasteiger partial charge in [0.15, 0.2) is 0 Å². The molecule has 3 nitrogen and oxygen atoms in total. The Balaban J connectivity index is 2.67. The van der Waals surface area contributed by atoms with Crippen molar-refractivity contribution in [1.29, 1.82) is 5.26 Å². The summed E-state index contributed by atoms with van der Waals surface area (Å²) in [7, 11) is 3.32. The second-order valence-electron chi connectivity index (χ2n) is 3.70. The summed E-state index contributed by atoms with van der Waals surface area (Å²) in [6, 6.07) is 9.95. The summed E-state index contributed by atoms with van der Waals surface area (Å²) in [6.07, 6.45) is 0. The van der Waals surface area contributed by atoms with E-state index in [1.54, 1.807) is 14.2 Å². The molecule has 0 fully saturated rings. The molecule has 0 aliphatic carbocycles. The quantitative estimate of drug-likeness (QED) is 0.815. The minimum absolute atomic E-state index is 0.0687. The van der Waals surface area contributed by atoms with Gasteiger partial charge in [0.1, 0.15) is 0 Å². The molecule has 0 saturated carbocycles. The van der Waals surface area contributed by atoms with Gasteiger partial charge in [-0.2, -0.15) is 0 Å². The molecule has 0 aromatic heterocycles. The molecule has 2 aromatic rings. The van der Waals surface area contributed by atoms with E-state index < -0.39 is 0 Å². The molecule has 0 saturated heterocycles. The van der Waals surface area contributed by atoms with E-state index >= 15 is 0 Å². The summed E-state index contributed by atoms with van der Waals surface area (Å²) in [5.74, 6) is 1.68. The van der Waals surface area contributed by atoms with Crippen LogP contribution in [0.4, 0.5) is 0 Å². The molecule has 0 spiro atoms. The Morgan fingerprint density at radius 3 is 2.50 bits per heavy atom. The van der Waals surface area contributed by atoms with Crippen LogP contribution in [0.1, 0.15) is 5.56 Å². The van der Waals surface area contributed by atoms with Crippen LogP contribution >= 0.6 is 0 Å². The second kappa shape index (κ2) is 5.77. The second-order valence-corrected chi connectivity index (χ2v) is 5.29. The van der Waals surface area contributed by atoms with E-state index in [0.717, 1.165) is 33.2 Å². The van der Waals surface area contributed by atoms with Gasteiger partial charge in [-0.1, -0.05) is 0 Å². The standard InChI is InChI=1S/C14H13NO2Se/c1-16-13-7-10(8-18-9-15)14(17-2)12-6-4-3-5-11(12)13/h3-7H,8H2,1-2H3. The third-order valence-electron chi connectivity index (χ3n) is 2.75. The average Bonchev–Trinajstić information content (AvgIpc) is 2.43. The van der Waals surface area contributed by atoms with E-state index in [0.29, 0.717) is 0 Å². The third kappa shape index (κ3) is 2.28. The Bertz CT molecular complexity index is 605. The predicted molar refractivity (Wildman–Crippen MR) is 72.1 cm³/mol. The number of rotatable bonds is 4. The molecule has 0 atom stereocenters. The first-order valence-corrected chi connectivity index (χ1v) is 7.52. The van der Waals surface area contributed by atoms with Crippen LogP contribution in [0.5, 0.6) is 11.5 Å². The van der Waals surface area contributed by atoms with Crippen LogP contribution in [0.3, 0.4) is 0 Å². The molecule has 0 aliphatic heterocycles. The van der Waals surface area contributed by atoms with Crippen molar-refractivity contribution in [2.75, 3.05) is 14.2 Å². The zero-order valence-corrected chi connectivity index (χ0v) is 12.0. The minimum atomic E-state index is -0.0687. The van der Waals surface area contributed by atoms with Gasteiger partial charge in [0, 0.05) is 0 Å². The summed E-state index contributed by atoms with van der Waals surface area (Å²) in [5.41, 5.74) is 1.04. The third-order valence-corrected chi connectivity index (χ3v) is 3.98. The number of nitriles is 1. The van der Waals surface area contributed by atoms with Crippen LogP contribution in [-0.2, 0) is 5.32 Å². The van der Waals surface area contributed by atoms with Gasteiger partial charge in [0.05, 0.1) is 0 Å². The molecule has 4 heteroatoms. The molecule has 18 heavy (non-hydrogen) atoms. The first-order chi connectivity index (χ1) is 8.81. The zero-order chi connectivity index (χ0) is 13.0. The van der Waals surface area contributed by atoms with Gasteiger partial charge in [-0.05, 0) is 0 Å². The van der Waals surface area contributed by atoms with Crippen molar-refractivity contribution in [2.24, 2.45) is 0 Å². The van der Waals surface area contributed by atoms with E-state index in [1.807, 2.05) is 30.3 Å². The first-order valence-electron chi connectivity index (χ1n) is 5.45. The van der Waals surface area contributed by atoms with Gasteiger partial charge < -0.3 is 0 Å². The summed E-state index contributed by atoms with van der Waals surface area (Å²) in [4.78, 5) is 2.22. The van der Waals surface area contributed by atoms with E-state index in [2.05, 4.69) is 4.97 Å². The fourth-order valence-corrected chi connectivity index (χ4v) is 2.91. The summed E-state index contributed by atoms with van der Waals surface area (Å²) in [5, 5.41) is 11.5. The summed E-state index contributed by atoms with van der Waals surface area (Å²) >= 11 is -0.0687. The van der Waals surface area contributed by atoms with Gasteiger partial charge in [-0.15, -0.1) is 0 Å². The Labute approximate surface area is 112 Å².